The maximum Gasteiger partial charge on any atom is 0.299 e. The number of nitrogens with one attached hydrogen (secondary N) is 1. The summed E-state index contributed by atoms with van der Waals surface area (Å²) in [6.45, 7) is 0. The molecule has 3 N–H and O–H groups in total. The second-order valence-corrected chi connectivity index (χ2v) is 5.99. The van der Waals surface area contributed by atoms with E-state index < -0.39 is 10.0 Å². The number of rotatable bonds is 3. The molecule has 106 valence electrons. The SMILES string of the molecule is Nc1[nH]c(N=NS(=O)(=O)c2ccccc2)c2ccccc12. The smallest absolute Gasteiger partial charge is 0.299 e. The lowest BCUT2D eigenvalue weighted by Gasteiger charge is -1.95. The Balaban J connectivity index is 2.03. The van der Waals surface area contributed by atoms with Gasteiger partial charge in [-0.15, -0.1) is 5.11 Å². The van der Waals surface area contributed by atoms with Gasteiger partial charge in [-0.2, -0.15) is 8.42 Å². The first kappa shape index (κ1) is 13.3. The Hall–Kier alpha value is -2.67. The van der Waals surface area contributed by atoms with Crippen LogP contribution in [0.25, 0.3) is 10.8 Å². The van der Waals surface area contributed by atoms with Gasteiger partial charge in [0.1, 0.15) is 5.82 Å². The molecule has 1 aromatic heterocycles. The molecule has 21 heavy (non-hydrogen) atoms. The zero-order valence-corrected chi connectivity index (χ0v) is 11.7. The Kier molecular flexibility index (Phi) is 3.19. The molecule has 0 aliphatic heterocycles. The molecule has 6 nitrogen and oxygen atoms in total. The van der Waals surface area contributed by atoms with E-state index in [1.807, 2.05) is 18.2 Å². The predicted octanol–water partition coefficient (Wildman–Crippen LogP) is 3.22. The van der Waals surface area contributed by atoms with Crippen LogP contribution < -0.4 is 5.73 Å². The van der Waals surface area contributed by atoms with Crippen molar-refractivity contribution >= 4 is 32.4 Å². The Morgan fingerprint density at radius 3 is 2.24 bits per heavy atom. The van der Waals surface area contributed by atoms with E-state index >= 15 is 0 Å². The predicted molar refractivity (Wildman–Crippen MR) is 80.9 cm³/mol. The quantitative estimate of drug-likeness (QED) is 0.726. The molecule has 3 rings (SSSR count). The number of nitrogen functional groups attached to an aromatic ring is 1. The topological polar surface area (TPSA) is 101 Å². The first-order chi connectivity index (χ1) is 10.1. The molecular formula is C14H12N4O2S. The molecule has 0 aliphatic rings. The summed E-state index contributed by atoms with van der Waals surface area (Å²) in [5, 5.41) is 5.31. The van der Waals surface area contributed by atoms with E-state index in [1.54, 1.807) is 24.3 Å². The van der Waals surface area contributed by atoms with Gasteiger partial charge >= 0.3 is 0 Å². The maximum atomic E-state index is 12.0. The molecule has 0 spiro atoms. The minimum Gasteiger partial charge on any atom is -0.385 e. The second-order valence-electron chi connectivity index (χ2n) is 4.40. The number of nitrogens with zero attached hydrogens (tertiary/aromatic N) is 2. The molecule has 0 unspecified atom stereocenters. The van der Waals surface area contributed by atoms with Crippen LogP contribution in [0.1, 0.15) is 0 Å². The van der Waals surface area contributed by atoms with Crippen LogP contribution in [0.2, 0.25) is 0 Å². The minimum absolute atomic E-state index is 0.0950. The van der Waals surface area contributed by atoms with Crippen molar-refractivity contribution < 1.29 is 8.42 Å². The highest BCUT2D eigenvalue weighted by atomic mass is 32.2. The van der Waals surface area contributed by atoms with Gasteiger partial charge in [0.05, 0.1) is 4.90 Å². The number of H-pyrrole nitrogens is 1. The van der Waals surface area contributed by atoms with E-state index in [1.165, 1.54) is 12.1 Å². The summed E-state index contributed by atoms with van der Waals surface area (Å²) in [6, 6.07) is 15.2. The molecule has 0 fully saturated rings. The van der Waals surface area contributed by atoms with Gasteiger partial charge in [-0.1, -0.05) is 47.0 Å². The van der Waals surface area contributed by atoms with Gasteiger partial charge in [0.25, 0.3) is 10.0 Å². The molecule has 7 heteroatoms. The van der Waals surface area contributed by atoms with Crippen LogP contribution >= 0.6 is 0 Å². The van der Waals surface area contributed by atoms with Gasteiger partial charge < -0.3 is 10.7 Å². The van der Waals surface area contributed by atoms with E-state index in [9.17, 15) is 8.42 Å². The van der Waals surface area contributed by atoms with Crippen molar-refractivity contribution in [3.63, 3.8) is 0 Å². The Bertz CT molecular complexity index is 915. The molecule has 1 heterocycles. The van der Waals surface area contributed by atoms with Crippen molar-refractivity contribution in [3.8, 4) is 0 Å². The zero-order chi connectivity index (χ0) is 14.9. The van der Waals surface area contributed by atoms with Crippen molar-refractivity contribution in [3.05, 3.63) is 54.6 Å². The van der Waals surface area contributed by atoms with Gasteiger partial charge in [0, 0.05) is 10.8 Å². The largest absolute Gasteiger partial charge is 0.385 e. The van der Waals surface area contributed by atoms with Gasteiger partial charge in [-0.25, -0.2) is 0 Å². The fourth-order valence-corrected chi connectivity index (χ4v) is 2.78. The van der Waals surface area contributed by atoms with E-state index in [-0.39, 0.29) is 4.90 Å². The first-order valence-electron chi connectivity index (χ1n) is 6.17. The van der Waals surface area contributed by atoms with Crippen LogP contribution in [0.15, 0.2) is 69.1 Å². The van der Waals surface area contributed by atoms with E-state index in [4.69, 9.17) is 5.73 Å². The van der Waals surface area contributed by atoms with Crippen molar-refractivity contribution in [1.82, 2.24) is 4.98 Å². The standard InChI is InChI=1S/C14H12N4O2S/c15-13-11-8-4-5-9-12(11)14(16-13)17-18-21(19,20)10-6-2-1-3-7-10/h1-9,16H,15H2. The van der Waals surface area contributed by atoms with E-state index in [0.29, 0.717) is 11.6 Å². The summed E-state index contributed by atoms with van der Waals surface area (Å²) in [5.74, 6) is 0.749. The van der Waals surface area contributed by atoms with Gasteiger partial charge in [0.2, 0.25) is 0 Å². The number of fused-ring (bicyclic) bond motifs is 1. The van der Waals surface area contributed by atoms with Crippen LogP contribution in [0.3, 0.4) is 0 Å². The van der Waals surface area contributed by atoms with Crippen molar-refractivity contribution in [2.75, 3.05) is 5.73 Å². The van der Waals surface area contributed by atoms with E-state index in [0.717, 1.165) is 10.8 Å². The average Bonchev–Trinajstić information content (AvgIpc) is 2.83. The van der Waals surface area contributed by atoms with E-state index in [2.05, 4.69) is 14.6 Å². The fourth-order valence-electron chi connectivity index (χ4n) is 2.00. The Morgan fingerprint density at radius 1 is 0.905 bits per heavy atom. The summed E-state index contributed by atoms with van der Waals surface area (Å²) in [6.07, 6.45) is 0. The summed E-state index contributed by atoms with van der Waals surface area (Å²) in [4.78, 5) is 2.92. The Morgan fingerprint density at radius 2 is 1.52 bits per heavy atom. The van der Waals surface area contributed by atoms with Crippen LogP contribution in [-0.2, 0) is 10.0 Å². The highest BCUT2D eigenvalue weighted by Crippen LogP contribution is 2.30. The molecule has 0 aliphatic carbocycles. The molecular weight excluding hydrogens is 288 g/mol. The molecule has 0 radical (unpaired) electrons. The third-order valence-electron chi connectivity index (χ3n) is 3.01. The number of aromatic amines is 1. The molecule has 0 saturated heterocycles. The molecule has 0 bridgehead atoms. The van der Waals surface area contributed by atoms with Gasteiger partial charge in [0.15, 0.2) is 5.82 Å². The monoisotopic (exact) mass is 300 g/mol. The molecule has 2 aromatic carbocycles. The number of sulfonamides is 1. The van der Waals surface area contributed by atoms with Crippen LogP contribution in [-0.4, -0.2) is 13.4 Å². The number of aromatic nitrogens is 1. The minimum atomic E-state index is -3.82. The molecule has 3 aromatic rings. The second kappa shape index (κ2) is 5.02. The van der Waals surface area contributed by atoms with Crippen molar-refractivity contribution in [2.24, 2.45) is 9.63 Å². The average molecular weight is 300 g/mol. The maximum absolute atomic E-state index is 12.0. The molecule has 0 atom stereocenters. The highest BCUT2D eigenvalue weighted by molar-refractivity contribution is 7.90. The Labute approximate surface area is 121 Å². The number of nitrogens with two attached hydrogens (primary N) is 1. The normalized spacial score (nSPS) is 12.2. The van der Waals surface area contributed by atoms with Crippen LogP contribution in [0.4, 0.5) is 11.6 Å². The van der Waals surface area contributed by atoms with Crippen LogP contribution in [0.5, 0.6) is 0 Å². The number of benzene rings is 2. The summed E-state index contributed by atoms with van der Waals surface area (Å²) in [7, 11) is -3.82. The van der Waals surface area contributed by atoms with Gasteiger partial charge in [-0.3, -0.25) is 0 Å². The third kappa shape index (κ3) is 2.50. The zero-order valence-electron chi connectivity index (χ0n) is 10.9. The van der Waals surface area contributed by atoms with Crippen molar-refractivity contribution in [1.29, 1.82) is 0 Å². The lowest BCUT2D eigenvalue weighted by atomic mass is 10.2. The van der Waals surface area contributed by atoms with Gasteiger partial charge in [-0.05, 0) is 12.1 Å². The van der Waals surface area contributed by atoms with Crippen LogP contribution in [0, 0.1) is 0 Å². The highest BCUT2D eigenvalue weighted by Gasteiger charge is 2.13. The summed E-state index contributed by atoms with van der Waals surface area (Å²) in [5.41, 5.74) is 5.82. The number of hydrogen-bond acceptors (Lipinski definition) is 4. The fraction of sp³-hybridized carbons (Fsp3) is 0. The summed E-state index contributed by atoms with van der Waals surface area (Å²) < 4.78 is 27.6. The first-order valence-corrected chi connectivity index (χ1v) is 7.61. The molecule has 0 saturated carbocycles. The van der Waals surface area contributed by atoms with Crippen molar-refractivity contribution in [2.45, 2.75) is 4.90 Å². The lowest BCUT2D eigenvalue weighted by molar-refractivity contribution is 0.595. The number of anilines is 1. The third-order valence-corrected chi connectivity index (χ3v) is 4.18. The molecule has 0 amide bonds. The lowest BCUT2D eigenvalue weighted by Crippen LogP contribution is -1.94. The summed E-state index contributed by atoms with van der Waals surface area (Å²) >= 11 is 0. The number of hydrogen-bond donors (Lipinski definition) is 2.